The van der Waals surface area contributed by atoms with Crippen LogP contribution in [0.3, 0.4) is 0 Å². The Balaban J connectivity index is 0. The van der Waals surface area contributed by atoms with Gasteiger partial charge in [-0.05, 0) is 32.1 Å². The number of halogens is 1. The monoisotopic (exact) mass is 294 g/mol. The normalized spacial score (nSPS) is 15.8. The van der Waals surface area contributed by atoms with Gasteiger partial charge in [-0.25, -0.2) is 0 Å². The zero-order valence-electron chi connectivity index (χ0n) is 13.2. The van der Waals surface area contributed by atoms with Gasteiger partial charge in [0.1, 0.15) is 6.10 Å². The molecule has 0 aliphatic heterocycles. The van der Waals surface area contributed by atoms with Crippen LogP contribution in [0.15, 0.2) is 0 Å². The fourth-order valence-corrected chi connectivity index (χ4v) is 1.37. The molecular formula is C14H31ClN2O2. The SMILES string of the molecule is CC(C)CCOC(C)C(=O)NC(C)(CN)C(C)C.Cl. The summed E-state index contributed by atoms with van der Waals surface area (Å²) in [5.74, 6) is 0.792. The Hall–Kier alpha value is -0.320. The molecule has 3 N–H and O–H groups in total. The van der Waals surface area contributed by atoms with Gasteiger partial charge in [-0.3, -0.25) is 4.79 Å². The number of nitrogens with one attached hydrogen (secondary N) is 1. The standard InChI is InChI=1S/C14H30N2O2.ClH/c1-10(2)7-8-18-12(5)13(17)16-14(6,9-15)11(3)4;/h10-12H,7-9,15H2,1-6H3,(H,16,17);1H. The van der Waals surface area contributed by atoms with Crippen LogP contribution in [0, 0.1) is 11.8 Å². The van der Waals surface area contributed by atoms with Gasteiger partial charge in [-0.1, -0.05) is 27.7 Å². The first kappa shape index (κ1) is 21.0. The van der Waals surface area contributed by atoms with Crippen LogP contribution >= 0.6 is 12.4 Å². The highest BCUT2D eigenvalue weighted by Gasteiger charge is 2.30. The first-order chi connectivity index (χ1) is 8.23. The van der Waals surface area contributed by atoms with Crippen molar-refractivity contribution in [3.63, 3.8) is 0 Å². The highest BCUT2D eigenvalue weighted by Crippen LogP contribution is 2.15. The van der Waals surface area contributed by atoms with E-state index in [1.54, 1.807) is 6.92 Å². The van der Waals surface area contributed by atoms with Crippen LogP contribution < -0.4 is 11.1 Å². The van der Waals surface area contributed by atoms with E-state index in [2.05, 4.69) is 33.0 Å². The van der Waals surface area contributed by atoms with Crippen molar-refractivity contribution >= 4 is 18.3 Å². The summed E-state index contributed by atoms with van der Waals surface area (Å²) >= 11 is 0. The second-order valence-corrected chi connectivity index (χ2v) is 5.96. The number of carbonyl (C=O) groups excluding carboxylic acids is 1. The Bertz CT molecular complexity index is 260. The first-order valence-corrected chi connectivity index (χ1v) is 6.86. The van der Waals surface area contributed by atoms with E-state index >= 15 is 0 Å². The highest BCUT2D eigenvalue weighted by molar-refractivity contribution is 5.85. The van der Waals surface area contributed by atoms with Crippen molar-refractivity contribution in [3.05, 3.63) is 0 Å². The van der Waals surface area contributed by atoms with Crippen LogP contribution in [0.4, 0.5) is 0 Å². The second-order valence-electron chi connectivity index (χ2n) is 5.96. The van der Waals surface area contributed by atoms with E-state index in [9.17, 15) is 4.79 Å². The zero-order valence-corrected chi connectivity index (χ0v) is 14.0. The van der Waals surface area contributed by atoms with Gasteiger partial charge < -0.3 is 15.8 Å². The number of hydrogen-bond acceptors (Lipinski definition) is 3. The molecule has 0 radical (unpaired) electrons. The maximum Gasteiger partial charge on any atom is 0.249 e. The largest absolute Gasteiger partial charge is 0.369 e. The van der Waals surface area contributed by atoms with Crippen molar-refractivity contribution in [2.75, 3.05) is 13.2 Å². The molecule has 0 saturated carbocycles. The van der Waals surface area contributed by atoms with Crippen LogP contribution in [-0.4, -0.2) is 30.7 Å². The maximum atomic E-state index is 12.0. The third-order valence-electron chi connectivity index (χ3n) is 3.54. The van der Waals surface area contributed by atoms with Gasteiger partial charge in [0.25, 0.3) is 0 Å². The van der Waals surface area contributed by atoms with Crippen LogP contribution in [-0.2, 0) is 9.53 Å². The van der Waals surface area contributed by atoms with E-state index in [0.717, 1.165) is 6.42 Å². The van der Waals surface area contributed by atoms with Crippen molar-refractivity contribution in [2.24, 2.45) is 17.6 Å². The molecule has 19 heavy (non-hydrogen) atoms. The minimum absolute atomic E-state index is 0. The number of ether oxygens (including phenoxy) is 1. The molecule has 0 spiro atoms. The third kappa shape index (κ3) is 7.75. The number of nitrogens with two attached hydrogens (primary N) is 1. The van der Waals surface area contributed by atoms with Crippen molar-refractivity contribution in [3.8, 4) is 0 Å². The Morgan fingerprint density at radius 1 is 1.26 bits per heavy atom. The molecule has 0 aliphatic carbocycles. The molecule has 1 amide bonds. The van der Waals surface area contributed by atoms with Gasteiger partial charge in [0.15, 0.2) is 0 Å². The van der Waals surface area contributed by atoms with Gasteiger partial charge >= 0.3 is 0 Å². The molecule has 0 aliphatic rings. The summed E-state index contributed by atoms with van der Waals surface area (Å²) in [6, 6.07) is 0. The quantitative estimate of drug-likeness (QED) is 0.722. The van der Waals surface area contributed by atoms with E-state index < -0.39 is 6.10 Å². The van der Waals surface area contributed by atoms with Gasteiger partial charge in [0.2, 0.25) is 5.91 Å². The summed E-state index contributed by atoms with van der Waals surface area (Å²) in [5, 5.41) is 2.99. The Labute approximate surface area is 124 Å². The van der Waals surface area contributed by atoms with Crippen LogP contribution in [0.1, 0.15) is 48.0 Å². The lowest BCUT2D eigenvalue weighted by molar-refractivity contribution is -0.134. The Kier molecular flexibility index (Phi) is 10.6. The lowest BCUT2D eigenvalue weighted by Gasteiger charge is -2.34. The number of rotatable bonds is 8. The molecule has 2 atom stereocenters. The molecule has 0 heterocycles. The average Bonchev–Trinajstić information content (AvgIpc) is 2.27. The topological polar surface area (TPSA) is 64.3 Å². The molecule has 0 rings (SSSR count). The Morgan fingerprint density at radius 2 is 1.79 bits per heavy atom. The summed E-state index contributed by atoms with van der Waals surface area (Å²) in [5.41, 5.74) is 5.37. The van der Waals surface area contributed by atoms with Crippen molar-refractivity contribution < 1.29 is 9.53 Å². The van der Waals surface area contributed by atoms with Gasteiger partial charge in [0, 0.05) is 13.2 Å². The Morgan fingerprint density at radius 3 is 2.16 bits per heavy atom. The lowest BCUT2D eigenvalue weighted by atomic mass is 9.88. The lowest BCUT2D eigenvalue weighted by Crippen LogP contribution is -2.57. The van der Waals surface area contributed by atoms with Crippen molar-refractivity contribution in [1.82, 2.24) is 5.32 Å². The summed E-state index contributed by atoms with van der Waals surface area (Å²) in [6.45, 7) is 13.2. The third-order valence-corrected chi connectivity index (χ3v) is 3.54. The molecule has 0 bridgehead atoms. The smallest absolute Gasteiger partial charge is 0.249 e. The molecule has 5 heteroatoms. The summed E-state index contributed by atoms with van der Waals surface area (Å²) in [4.78, 5) is 12.0. The molecule has 116 valence electrons. The zero-order chi connectivity index (χ0) is 14.3. The highest BCUT2D eigenvalue weighted by atomic mass is 35.5. The maximum absolute atomic E-state index is 12.0. The molecule has 0 fully saturated rings. The van der Waals surface area contributed by atoms with E-state index in [4.69, 9.17) is 10.5 Å². The molecule has 0 aromatic carbocycles. The molecule has 0 aromatic heterocycles. The summed E-state index contributed by atoms with van der Waals surface area (Å²) in [6.07, 6.45) is 0.545. The van der Waals surface area contributed by atoms with E-state index in [1.807, 2.05) is 6.92 Å². The molecule has 0 aromatic rings. The second kappa shape index (κ2) is 9.56. The van der Waals surface area contributed by atoms with Crippen LogP contribution in [0.5, 0.6) is 0 Å². The van der Waals surface area contributed by atoms with Crippen molar-refractivity contribution in [1.29, 1.82) is 0 Å². The molecule has 0 saturated heterocycles. The number of hydrogen-bond donors (Lipinski definition) is 2. The van der Waals surface area contributed by atoms with Crippen molar-refractivity contribution in [2.45, 2.75) is 59.6 Å². The first-order valence-electron chi connectivity index (χ1n) is 6.86. The fraction of sp³-hybridized carbons (Fsp3) is 0.929. The van der Waals surface area contributed by atoms with E-state index in [-0.39, 0.29) is 29.8 Å². The minimum Gasteiger partial charge on any atom is -0.369 e. The van der Waals surface area contributed by atoms with Crippen LogP contribution in [0.25, 0.3) is 0 Å². The van der Waals surface area contributed by atoms with E-state index in [1.165, 1.54) is 0 Å². The minimum atomic E-state index is -0.423. The fourth-order valence-electron chi connectivity index (χ4n) is 1.37. The number of carbonyl (C=O) groups is 1. The van der Waals surface area contributed by atoms with Gasteiger partial charge in [-0.15, -0.1) is 12.4 Å². The summed E-state index contributed by atoms with van der Waals surface area (Å²) in [7, 11) is 0. The van der Waals surface area contributed by atoms with Gasteiger partial charge in [-0.2, -0.15) is 0 Å². The molecule has 4 nitrogen and oxygen atoms in total. The molecular weight excluding hydrogens is 264 g/mol. The number of amides is 1. The summed E-state index contributed by atoms with van der Waals surface area (Å²) < 4.78 is 5.53. The predicted molar refractivity (Wildman–Crippen MR) is 82.6 cm³/mol. The van der Waals surface area contributed by atoms with E-state index in [0.29, 0.717) is 19.1 Å². The molecule has 2 unspecified atom stereocenters. The van der Waals surface area contributed by atoms with Crippen LogP contribution in [0.2, 0.25) is 0 Å². The van der Waals surface area contributed by atoms with Gasteiger partial charge in [0.05, 0.1) is 5.54 Å². The predicted octanol–water partition coefficient (Wildman–Crippen LogP) is 2.35. The average molecular weight is 295 g/mol.